The molecule has 0 radical (unpaired) electrons. The molecule has 2 aromatic rings. The number of nitrogens with one attached hydrogen (secondary N) is 1. The summed E-state index contributed by atoms with van der Waals surface area (Å²) in [4.78, 5) is 7.74. The van der Waals surface area contributed by atoms with E-state index >= 15 is 0 Å². The smallest absolute Gasteiger partial charge is 0.240 e. The van der Waals surface area contributed by atoms with Gasteiger partial charge >= 0.3 is 0 Å². The van der Waals surface area contributed by atoms with Gasteiger partial charge in [0, 0.05) is 12.3 Å². The molecule has 0 saturated heterocycles. The molecule has 0 amide bonds. The van der Waals surface area contributed by atoms with Gasteiger partial charge in [-0.15, -0.1) is 0 Å². The Hall–Kier alpha value is -2.21. The molecular formula is C11H11FN4O. The third kappa shape index (κ3) is 2.67. The van der Waals surface area contributed by atoms with E-state index in [1.807, 2.05) is 6.92 Å². The van der Waals surface area contributed by atoms with E-state index in [-0.39, 0.29) is 17.6 Å². The lowest BCUT2D eigenvalue weighted by atomic mass is 10.2. The van der Waals surface area contributed by atoms with Crippen molar-refractivity contribution >= 4 is 5.95 Å². The van der Waals surface area contributed by atoms with Gasteiger partial charge in [-0.3, -0.25) is 5.43 Å². The minimum atomic E-state index is -0.448. The van der Waals surface area contributed by atoms with Crippen LogP contribution < -0.4 is 16.0 Å². The van der Waals surface area contributed by atoms with E-state index in [4.69, 9.17) is 10.6 Å². The highest BCUT2D eigenvalue weighted by Crippen LogP contribution is 2.24. The van der Waals surface area contributed by atoms with Crippen molar-refractivity contribution in [3.63, 3.8) is 0 Å². The van der Waals surface area contributed by atoms with Crippen LogP contribution in [0.5, 0.6) is 11.6 Å². The molecule has 88 valence electrons. The van der Waals surface area contributed by atoms with Crippen molar-refractivity contribution in [1.29, 1.82) is 0 Å². The Labute approximate surface area is 97.4 Å². The number of anilines is 1. The lowest BCUT2D eigenvalue weighted by Crippen LogP contribution is -2.10. The zero-order valence-electron chi connectivity index (χ0n) is 9.14. The highest BCUT2D eigenvalue weighted by Gasteiger charge is 2.06. The van der Waals surface area contributed by atoms with Crippen molar-refractivity contribution in [1.82, 2.24) is 9.97 Å². The van der Waals surface area contributed by atoms with Gasteiger partial charge in [-0.05, 0) is 24.6 Å². The first-order valence-corrected chi connectivity index (χ1v) is 4.92. The average molecular weight is 234 g/mol. The largest absolute Gasteiger partial charge is 0.436 e. The number of hydrazine groups is 1. The second-order valence-corrected chi connectivity index (χ2v) is 3.40. The molecule has 0 bridgehead atoms. The standard InChI is InChI=1S/C11H11FN4O/c1-7-2-3-8(12)9(6-7)17-10-4-5-14-11(15-10)16-13/h2-6H,13H2,1H3,(H,14,15,16). The van der Waals surface area contributed by atoms with E-state index < -0.39 is 5.82 Å². The number of aryl methyl sites for hydroxylation is 1. The summed E-state index contributed by atoms with van der Waals surface area (Å²) in [6.45, 7) is 1.85. The van der Waals surface area contributed by atoms with Crippen LogP contribution >= 0.6 is 0 Å². The number of rotatable bonds is 3. The molecule has 1 aromatic heterocycles. The molecule has 0 fully saturated rings. The fourth-order valence-electron chi connectivity index (χ4n) is 1.27. The molecule has 0 saturated carbocycles. The maximum atomic E-state index is 13.4. The Morgan fingerprint density at radius 2 is 2.18 bits per heavy atom. The van der Waals surface area contributed by atoms with Gasteiger partial charge in [-0.25, -0.2) is 15.2 Å². The molecule has 6 heteroatoms. The summed E-state index contributed by atoms with van der Waals surface area (Å²) in [5.41, 5.74) is 3.18. The van der Waals surface area contributed by atoms with Crippen LogP contribution in [0.25, 0.3) is 0 Å². The van der Waals surface area contributed by atoms with Gasteiger partial charge in [0.15, 0.2) is 11.6 Å². The van der Waals surface area contributed by atoms with Crippen LogP contribution in [0.2, 0.25) is 0 Å². The Bertz CT molecular complexity index is 533. The van der Waals surface area contributed by atoms with Crippen molar-refractivity contribution in [3.8, 4) is 11.6 Å². The number of nitrogen functional groups attached to an aromatic ring is 1. The van der Waals surface area contributed by atoms with E-state index in [0.717, 1.165) is 5.56 Å². The van der Waals surface area contributed by atoms with Crippen LogP contribution in [0.1, 0.15) is 5.56 Å². The van der Waals surface area contributed by atoms with E-state index in [2.05, 4.69) is 15.4 Å². The number of aromatic nitrogens is 2. The minimum absolute atomic E-state index is 0.117. The summed E-state index contributed by atoms with van der Waals surface area (Å²) in [7, 11) is 0. The van der Waals surface area contributed by atoms with Crippen molar-refractivity contribution in [2.45, 2.75) is 6.92 Å². The Kier molecular flexibility index (Phi) is 3.15. The first-order valence-electron chi connectivity index (χ1n) is 4.92. The number of nitrogens with zero attached hydrogens (tertiary/aromatic N) is 2. The summed E-state index contributed by atoms with van der Waals surface area (Å²) in [5.74, 6) is 5.26. The topological polar surface area (TPSA) is 73.1 Å². The molecule has 0 unspecified atom stereocenters. The molecule has 5 nitrogen and oxygen atoms in total. The summed E-state index contributed by atoms with van der Waals surface area (Å²) < 4.78 is 18.7. The fraction of sp³-hybridized carbons (Fsp3) is 0.0909. The van der Waals surface area contributed by atoms with Crippen LogP contribution in [-0.4, -0.2) is 9.97 Å². The third-order valence-electron chi connectivity index (χ3n) is 2.06. The molecule has 3 N–H and O–H groups in total. The van der Waals surface area contributed by atoms with E-state index in [1.165, 1.54) is 18.3 Å². The number of hydrogen-bond acceptors (Lipinski definition) is 5. The third-order valence-corrected chi connectivity index (χ3v) is 2.06. The average Bonchev–Trinajstić information content (AvgIpc) is 2.34. The highest BCUT2D eigenvalue weighted by atomic mass is 19.1. The summed E-state index contributed by atoms with van der Waals surface area (Å²) in [6.07, 6.45) is 1.46. The summed E-state index contributed by atoms with van der Waals surface area (Å²) in [5, 5.41) is 0. The maximum Gasteiger partial charge on any atom is 0.240 e. The first kappa shape index (κ1) is 11.3. The second-order valence-electron chi connectivity index (χ2n) is 3.40. The lowest BCUT2D eigenvalue weighted by Gasteiger charge is -2.07. The van der Waals surface area contributed by atoms with Crippen molar-refractivity contribution in [2.75, 3.05) is 5.43 Å². The van der Waals surface area contributed by atoms with Gasteiger partial charge in [0.2, 0.25) is 11.8 Å². The second kappa shape index (κ2) is 4.75. The van der Waals surface area contributed by atoms with Gasteiger partial charge in [0.05, 0.1) is 0 Å². The highest BCUT2D eigenvalue weighted by molar-refractivity contribution is 5.34. The van der Waals surface area contributed by atoms with Crippen molar-refractivity contribution in [2.24, 2.45) is 5.84 Å². The van der Waals surface area contributed by atoms with Gasteiger partial charge in [-0.2, -0.15) is 4.98 Å². The summed E-state index contributed by atoms with van der Waals surface area (Å²) in [6, 6.07) is 6.11. The summed E-state index contributed by atoms with van der Waals surface area (Å²) >= 11 is 0. The zero-order valence-corrected chi connectivity index (χ0v) is 9.14. The molecule has 0 aliphatic rings. The Morgan fingerprint density at radius 3 is 2.94 bits per heavy atom. The minimum Gasteiger partial charge on any atom is -0.436 e. The lowest BCUT2D eigenvalue weighted by molar-refractivity contribution is 0.426. The van der Waals surface area contributed by atoms with Gasteiger partial charge in [-0.1, -0.05) is 6.07 Å². The predicted octanol–water partition coefficient (Wildman–Crippen LogP) is 2.00. The number of ether oxygens (including phenoxy) is 1. The quantitative estimate of drug-likeness (QED) is 0.627. The van der Waals surface area contributed by atoms with Crippen molar-refractivity contribution < 1.29 is 9.13 Å². The molecule has 1 aromatic carbocycles. The van der Waals surface area contributed by atoms with Crippen LogP contribution in [0.4, 0.5) is 10.3 Å². The van der Waals surface area contributed by atoms with Crippen LogP contribution in [0, 0.1) is 12.7 Å². The zero-order chi connectivity index (χ0) is 12.3. The molecule has 1 heterocycles. The monoisotopic (exact) mass is 234 g/mol. The molecule has 0 aliphatic carbocycles. The number of benzene rings is 1. The fourth-order valence-corrected chi connectivity index (χ4v) is 1.27. The first-order chi connectivity index (χ1) is 8.19. The molecule has 0 aliphatic heterocycles. The number of halogens is 1. The molecule has 2 rings (SSSR count). The Balaban J connectivity index is 2.27. The van der Waals surface area contributed by atoms with E-state index in [1.54, 1.807) is 12.1 Å². The maximum absolute atomic E-state index is 13.4. The SMILES string of the molecule is Cc1ccc(F)c(Oc2ccnc(NN)n2)c1. The van der Waals surface area contributed by atoms with Crippen molar-refractivity contribution in [3.05, 3.63) is 41.8 Å². The molecular weight excluding hydrogens is 223 g/mol. The molecule has 0 spiro atoms. The van der Waals surface area contributed by atoms with E-state index in [0.29, 0.717) is 0 Å². The van der Waals surface area contributed by atoms with Gasteiger partial charge in [0.1, 0.15) is 0 Å². The van der Waals surface area contributed by atoms with Crippen LogP contribution in [-0.2, 0) is 0 Å². The van der Waals surface area contributed by atoms with E-state index in [9.17, 15) is 4.39 Å². The van der Waals surface area contributed by atoms with Crippen LogP contribution in [0.15, 0.2) is 30.5 Å². The predicted molar refractivity (Wildman–Crippen MR) is 61.1 cm³/mol. The van der Waals surface area contributed by atoms with Crippen LogP contribution in [0.3, 0.4) is 0 Å². The number of nitrogens with two attached hydrogens (primary N) is 1. The molecule has 0 atom stereocenters. The Morgan fingerprint density at radius 1 is 1.35 bits per heavy atom. The normalized spacial score (nSPS) is 10.1. The van der Waals surface area contributed by atoms with Gasteiger partial charge in [0.25, 0.3) is 0 Å². The number of hydrogen-bond donors (Lipinski definition) is 2. The molecule has 17 heavy (non-hydrogen) atoms. The van der Waals surface area contributed by atoms with Gasteiger partial charge < -0.3 is 4.74 Å².